The second-order valence-electron chi connectivity index (χ2n) is 7.04. The van der Waals surface area contributed by atoms with Crippen molar-refractivity contribution in [3.8, 4) is 5.69 Å². The van der Waals surface area contributed by atoms with E-state index in [-0.39, 0.29) is 5.91 Å². The van der Waals surface area contributed by atoms with Gasteiger partial charge in [-0.15, -0.1) is 0 Å². The van der Waals surface area contributed by atoms with Gasteiger partial charge in [0.2, 0.25) is 0 Å². The number of nitrogens with zero attached hydrogens (tertiary/aromatic N) is 2. The van der Waals surface area contributed by atoms with E-state index in [4.69, 9.17) is 0 Å². The molecule has 27 heavy (non-hydrogen) atoms. The first-order chi connectivity index (χ1) is 13.3. The molecular weight excluding hydrogens is 336 g/mol. The number of benzene rings is 2. The molecule has 1 saturated carbocycles. The topological polar surface area (TPSA) is 59.0 Å². The van der Waals surface area contributed by atoms with Gasteiger partial charge in [0.15, 0.2) is 5.69 Å². The zero-order valence-electron chi connectivity index (χ0n) is 15.3. The van der Waals surface area contributed by atoms with E-state index >= 15 is 0 Å². The lowest BCUT2D eigenvalue weighted by molar-refractivity contribution is 0.102. The van der Waals surface area contributed by atoms with Crippen LogP contribution in [0.15, 0.2) is 66.9 Å². The summed E-state index contributed by atoms with van der Waals surface area (Å²) in [5, 5.41) is 10.8. The van der Waals surface area contributed by atoms with Crippen molar-refractivity contribution < 1.29 is 4.79 Å². The summed E-state index contributed by atoms with van der Waals surface area (Å²) in [7, 11) is 0. The van der Waals surface area contributed by atoms with Crippen molar-refractivity contribution in [3.63, 3.8) is 0 Å². The zero-order chi connectivity index (χ0) is 18.5. The zero-order valence-corrected chi connectivity index (χ0v) is 15.3. The van der Waals surface area contributed by atoms with E-state index in [0.717, 1.165) is 29.5 Å². The molecule has 1 aromatic heterocycles. The number of carbonyl (C=O) groups is 1. The van der Waals surface area contributed by atoms with Crippen LogP contribution >= 0.6 is 0 Å². The lowest BCUT2D eigenvalue weighted by Crippen LogP contribution is -2.13. The molecule has 5 nitrogen and oxygen atoms in total. The van der Waals surface area contributed by atoms with Crippen LogP contribution in [0.5, 0.6) is 0 Å². The van der Waals surface area contributed by atoms with Crippen LogP contribution in [-0.2, 0) is 0 Å². The third kappa shape index (κ3) is 4.37. The molecular formula is C22H24N4O. The maximum atomic E-state index is 12.4. The van der Waals surface area contributed by atoms with Gasteiger partial charge in [-0.3, -0.25) is 4.79 Å². The molecule has 1 aliphatic carbocycles. The molecule has 2 aromatic carbocycles. The summed E-state index contributed by atoms with van der Waals surface area (Å²) < 4.78 is 1.70. The molecule has 5 heteroatoms. The standard InChI is InChI=1S/C22H24N4O/c27-22(21-14-15-26(25-21)20-8-2-1-3-9-20)24-19-12-10-18(11-13-19)23-16-17-6-4-5-7-17/h1-3,8-15,17,23H,4-7,16H2,(H,24,27). The molecule has 138 valence electrons. The van der Waals surface area contributed by atoms with E-state index < -0.39 is 0 Å². The molecule has 1 fully saturated rings. The van der Waals surface area contributed by atoms with Gasteiger partial charge in [-0.25, -0.2) is 4.68 Å². The Bertz CT molecular complexity index is 880. The fourth-order valence-electron chi connectivity index (χ4n) is 3.51. The van der Waals surface area contributed by atoms with Crippen LogP contribution in [0.1, 0.15) is 36.2 Å². The van der Waals surface area contributed by atoms with Gasteiger partial charge < -0.3 is 10.6 Å². The summed E-state index contributed by atoms with van der Waals surface area (Å²) in [6.07, 6.45) is 7.17. The number of hydrogen-bond acceptors (Lipinski definition) is 3. The van der Waals surface area contributed by atoms with Crippen molar-refractivity contribution in [1.82, 2.24) is 9.78 Å². The Morgan fingerprint density at radius 1 is 0.963 bits per heavy atom. The second kappa shape index (κ2) is 8.08. The van der Waals surface area contributed by atoms with E-state index in [0.29, 0.717) is 5.69 Å². The molecule has 0 bridgehead atoms. The highest BCUT2D eigenvalue weighted by molar-refractivity contribution is 6.02. The number of nitrogens with one attached hydrogen (secondary N) is 2. The first-order valence-corrected chi connectivity index (χ1v) is 9.54. The summed E-state index contributed by atoms with van der Waals surface area (Å²) in [6.45, 7) is 1.03. The normalized spacial score (nSPS) is 14.2. The first-order valence-electron chi connectivity index (χ1n) is 9.54. The average Bonchev–Trinajstić information content (AvgIpc) is 3.40. The van der Waals surface area contributed by atoms with E-state index in [1.165, 1.54) is 25.7 Å². The Hall–Kier alpha value is -3.08. The Morgan fingerprint density at radius 3 is 2.41 bits per heavy atom. The maximum absolute atomic E-state index is 12.4. The van der Waals surface area contributed by atoms with Gasteiger partial charge in [-0.05, 0) is 61.2 Å². The molecule has 0 unspecified atom stereocenters. The highest BCUT2D eigenvalue weighted by atomic mass is 16.1. The molecule has 1 heterocycles. The van der Waals surface area contributed by atoms with Gasteiger partial charge in [-0.1, -0.05) is 31.0 Å². The number of aromatic nitrogens is 2. The van der Waals surface area contributed by atoms with Gasteiger partial charge >= 0.3 is 0 Å². The molecule has 3 aromatic rings. The summed E-state index contributed by atoms with van der Waals surface area (Å²) in [4.78, 5) is 12.4. The third-order valence-electron chi connectivity index (χ3n) is 5.05. The smallest absolute Gasteiger partial charge is 0.276 e. The van der Waals surface area contributed by atoms with Crippen LogP contribution in [0, 0.1) is 5.92 Å². The summed E-state index contributed by atoms with van der Waals surface area (Å²) in [5.41, 5.74) is 3.17. The fraction of sp³-hybridized carbons (Fsp3) is 0.273. The van der Waals surface area contributed by atoms with Gasteiger partial charge in [0.25, 0.3) is 5.91 Å². The Labute approximate surface area is 159 Å². The molecule has 0 radical (unpaired) electrons. The number of carbonyl (C=O) groups excluding carboxylic acids is 1. The minimum Gasteiger partial charge on any atom is -0.385 e. The van der Waals surface area contributed by atoms with E-state index in [1.54, 1.807) is 16.9 Å². The summed E-state index contributed by atoms with van der Waals surface area (Å²) >= 11 is 0. The Kier molecular flexibility index (Phi) is 5.19. The largest absolute Gasteiger partial charge is 0.385 e. The summed E-state index contributed by atoms with van der Waals surface area (Å²) in [5.74, 6) is 0.584. The number of hydrogen-bond donors (Lipinski definition) is 2. The highest BCUT2D eigenvalue weighted by Gasteiger charge is 2.14. The van der Waals surface area contributed by atoms with Gasteiger partial charge in [-0.2, -0.15) is 5.10 Å². The van der Waals surface area contributed by atoms with Crippen molar-refractivity contribution >= 4 is 17.3 Å². The molecule has 2 N–H and O–H groups in total. The van der Waals surface area contributed by atoms with Crippen LogP contribution < -0.4 is 10.6 Å². The van der Waals surface area contributed by atoms with Crippen molar-refractivity contribution in [2.24, 2.45) is 5.92 Å². The third-order valence-corrected chi connectivity index (χ3v) is 5.05. The second-order valence-corrected chi connectivity index (χ2v) is 7.04. The fourth-order valence-corrected chi connectivity index (χ4v) is 3.51. The predicted molar refractivity (Wildman–Crippen MR) is 108 cm³/mol. The van der Waals surface area contributed by atoms with Crippen LogP contribution in [0.4, 0.5) is 11.4 Å². The number of amides is 1. The van der Waals surface area contributed by atoms with Gasteiger partial charge in [0.1, 0.15) is 0 Å². The number of para-hydroxylation sites is 1. The molecule has 0 aliphatic heterocycles. The molecule has 4 rings (SSSR count). The van der Waals surface area contributed by atoms with Crippen LogP contribution in [0.3, 0.4) is 0 Å². The number of anilines is 2. The molecule has 0 spiro atoms. The van der Waals surface area contributed by atoms with Gasteiger partial charge in [0, 0.05) is 24.1 Å². The highest BCUT2D eigenvalue weighted by Crippen LogP contribution is 2.25. The summed E-state index contributed by atoms with van der Waals surface area (Å²) in [6, 6.07) is 19.3. The maximum Gasteiger partial charge on any atom is 0.276 e. The van der Waals surface area contributed by atoms with Crippen LogP contribution in [0.2, 0.25) is 0 Å². The van der Waals surface area contributed by atoms with Crippen molar-refractivity contribution in [2.75, 3.05) is 17.2 Å². The average molecular weight is 360 g/mol. The molecule has 0 atom stereocenters. The Balaban J connectivity index is 1.34. The van der Waals surface area contributed by atoms with E-state index in [9.17, 15) is 4.79 Å². The van der Waals surface area contributed by atoms with Gasteiger partial charge in [0.05, 0.1) is 5.69 Å². The van der Waals surface area contributed by atoms with E-state index in [1.807, 2.05) is 54.6 Å². The number of rotatable bonds is 6. The first kappa shape index (κ1) is 17.3. The molecule has 0 saturated heterocycles. The lowest BCUT2D eigenvalue weighted by Gasteiger charge is -2.12. The van der Waals surface area contributed by atoms with Crippen molar-refractivity contribution in [1.29, 1.82) is 0 Å². The SMILES string of the molecule is O=C(Nc1ccc(NCC2CCCC2)cc1)c1ccn(-c2ccccc2)n1. The Morgan fingerprint density at radius 2 is 1.67 bits per heavy atom. The van der Waals surface area contributed by atoms with Crippen LogP contribution in [-0.4, -0.2) is 22.2 Å². The minimum atomic E-state index is -0.212. The van der Waals surface area contributed by atoms with Crippen molar-refractivity contribution in [2.45, 2.75) is 25.7 Å². The lowest BCUT2D eigenvalue weighted by atomic mass is 10.1. The molecule has 1 amide bonds. The monoisotopic (exact) mass is 360 g/mol. The van der Waals surface area contributed by atoms with Crippen LogP contribution in [0.25, 0.3) is 5.69 Å². The quantitative estimate of drug-likeness (QED) is 0.668. The minimum absolute atomic E-state index is 0.212. The van der Waals surface area contributed by atoms with Crippen molar-refractivity contribution in [3.05, 3.63) is 72.6 Å². The predicted octanol–water partition coefficient (Wildman–Crippen LogP) is 4.73. The van der Waals surface area contributed by atoms with E-state index in [2.05, 4.69) is 15.7 Å². The molecule has 1 aliphatic rings.